The third-order valence-corrected chi connectivity index (χ3v) is 5.39. The van der Waals surface area contributed by atoms with Crippen LogP contribution in [0.2, 0.25) is 0 Å². The predicted octanol–water partition coefficient (Wildman–Crippen LogP) is 2.05. The van der Waals surface area contributed by atoms with Gasteiger partial charge < -0.3 is 4.79 Å². The average molecular weight is 297 g/mol. The first-order valence-electron chi connectivity index (χ1n) is 6.58. The second kappa shape index (κ2) is 7.28. The number of carbonyl (C=O) groups excluding carboxylic acids is 1. The van der Waals surface area contributed by atoms with Crippen LogP contribution in [0, 0.1) is 5.92 Å². The first-order valence-corrected chi connectivity index (χ1v) is 8.19. The zero-order valence-electron chi connectivity index (χ0n) is 11.1. The standard InChI is InChI=1S/C12H21F2NO3S/c1-10(16)4-2-3-9-19(17,18)15-7-5-11(6-8-15)12(13)14/h11-12H,2-9H2,1H3. The van der Waals surface area contributed by atoms with Gasteiger partial charge in [-0.25, -0.2) is 21.5 Å². The number of piperidine rings is 1. The van der Waals surface area contributed by atoms with E-state index >= 15 is 0 Å². The monoisotopic (exact) mass is 297 g/mol. The number of sulfonamides is 1. The fourth-order valence-corrected chi connectivity index (χ4v) is 3.79. The van der Waals surface area contributed by atoms with Gasteiger partial charge in [0.05, 0.1) is 5.75 Å². The molecule has 1 rings (SSSR count). The zero-order valence-corrected chi connectivity index (χ0v) is 12.0. The Labute approximate surface area is 113 Å². The minimum absolute atomic E-state index is 0.000372. The Balaban J connectivity index is 2.36. The summed E-state index contributed by atoms with van der Waals surface area (Å²) in [6.07, 6.45) is -0.517. The van der Waals surface area contributed by atoms with E-state index in [1.54, 1.807) is 0 Å². The SMILES string of the molecule is CC(=O)CCCCS(=O)(=O)N1CCC(C(F)F)CC1. The van der Waals surface area contributed by atoms with Gasteiger partial charge in [-0.05, 0) is 32.6 Å². The molecule has 0 atom stereocenters. The molecule has 0 aromatic carbocycles. The van der Waals surface area contributed by atoms with E-state index in [0.717, 1.165) is 0 Å². The van der Waals surface area contributed by atoms with Gasteiger partial charge in [-0.1, -0.05) is 0 Å². The van der Waals surface area contributed by atoms with Crippen molar-refractivity contribution in [3.8, 4) is 0 Å². The summed E-state index contributed by atoms with van der Waals surface area (Å²) >= 11 is 0. The van der Waals surface area contributed by atoms with Crippen molar-refractivity contribution in [3.05, 3.63) is 0 Å². The molecule has 19 heavy (non-hydrogen) atoms. The molecule has 7 heteroatoms. The molecule has 4 nitrogen and oxygen atoms in total. The van der Waals surface area contributed by atoms with Crippen LogP contribution in [0.1, 0.15) is 39.0 Å². The summed E-state index contributed by atoms with van der Waals surface area (Å²) in [4.78, 5) is 10.7. The van der Waals surface area contributed by atoms with Crippen molar-refractivity contribution in [1.82, 2.24) is 4.31 Å². The van der Waals surface area contributed by atoms with Crippen molar-refractivity contribution in [2.45, 2.75) is 45.5 Å². The van der Waals surface area contributed by atoms with Crippen LogP contribution in [0.4, 0.5) is 8.78 Å². The smallest absolute Gasteiger partial charge is 0.241 e. The number of hydrogen-bond donors (Lipinski definition) is 0. The highest BCUT2D eigenvalue weighted by molar-refractivity contribution is 7.89. The lowest BCUT2D eigenvalue weighted by Gasteiger charge is -2.30. The summed E-state index contributed by atoms with van der Waals surface area (Å²) in [5, 5.41) is 0. The lowest BCUT2D eigenvalue weighted by molar-refractivity contribution is -0.117. The molecule has 0 unspecified atom stereocenters. The number of Topliss-reactive ketones (excluding diaryl/α,β-unsaturated/α-hetero) is 1. The van der Waals surface area contributed by atoms with E-state index in [4.69, 9.17) is 0 Å². The van der Waals surface area contributed by atoms with Gasteiger partial charge in [0.25, 0.3) is 0 Å². The Hall–Kier alpha value is -0.560. The molecule has 0 aromatic heterocycles. The Kier molecular flexibility index (Phi) is 6.32. The Morgan fingerprint density at radius 2 is 1.84 bits per heavy atom. The topological polar surface area (TPSA) is 54.5 Å². The number of halogens is 2. The maximum Gasteiger partial charge on any atom is 0.241 e. The number of nitrogens with zero attached hydrogens (tertiary/aromatic N) is 1. The molecule has 0 radical (unpaired) electrons. The Bertz CT molecular complexity index is 390. The van der Waals surface area contributed by atoms with Crippen molar-refractivity contribution in [2.75, 3.05) is 18.8 Å². The highest BCUT2D eigenvalue weighted by atomic mass is 32.2. The van der Waals surface area contributed by atoms with E-state index in [2.05, 4.69) is 0 Å². The van der Waals surface area contributed by atoms with Crippen LogP contribution < -0.4 is 0 Å². The molecule has 0 N–H and O–H groups in total. The third-order valence-electron chi connectivity index (χ3n) is 3.43. The summed E-state index contributed by atoms with van der Waals surface area (Å²) in [7, 11) is -3.35. The maximum atomic E-state index is 12.5. The van der Waals surface area contributed by atoms with E-state index in [1.165, 1.54) is 11.2 Å². The Morgan fingerprint density at radius 1 is 1.26 bits per heavy atom. The molecule has 1 fully saturated rings. The normalized spacial score (nSPS) is 18.9. The van der Waals surface area contributed by atoms with E-state index in [9.17, 15) is 22.0 Å². The minimum atomic E-state index is -3.35. The molecule has 0 bridgehead atoms. The van der Waals surface area contributed by atoms with Gasteiger partial charge in [0.15, 0.2) is 0 Å². The molecule has 0 saturated carbocycles. The lowest BCUT2D eigenvalue weighted by atomic mass is 9.99. The van der Waals surface area contributed by atoms with Crippen molar-refractivity contribution >= 4 is 15.8 Å². The van der Waals surface area contributed by atoms with E-state index < -0.39 is 22.4 Å². The molecule has 0 aromatic rings. The second-order valence-electron chi connectivity index (χ2n) is 5.05. The predicted molar refractivity (Wildman–Crippen MR) is 68.6 cm³/mol. The number of hydrogen-bond acceptors (Lipinski definition) is 3. The molecule has 0 amide bonds. The lowest BCUT2D eigenvalue weighted by Crippen LogP contribution is -2.41. The summed E-state index contributed by atoms with van der Waals surface area (Å²) in [6.45, 7) is 1.84. The molecule has 1 saturated heterocycles. The molecule has 0 aliphatic carbocycles. The first-order chi connectivity index (χ1) is 8.83. The minimum Gasteiger partial charge on any atom is -0.300 e. The summed E-state index contributed by atoms with van der Waals surface area (Å²) < 4.78 is 50.2. The van der Waals surface area contributed by atoms with Crippen LogP contribution in [0.15, 0.2) is 0 Å². The largest absolute Gasteiger partial charge is 0.300 e. The summed E-state index contributed by atoms with van der Waals surface area (Å²) in [5.74, 6) is -0.626. The quantitative estimate of drug-likeness (QED) is 0.676. The number of carbonyl (C=O) groups is 1. The van der Waals surface area contributed by atoms with Crippen molar-refractivity contribution in [2.24, 2.45) is 5.92 Å². The molecule has 1 aliphatic heterocycles. The molecular weight excluding hydrogens is 276 g/mol. The fraction of sp³-hybridized carbons (Fsp3) is 0.917. The van der Waals surface area contributed by atoms with Crippen molar-refractivity contribution in [3.63, 3.8) is 0 Å². The van der Waals surface area contributed by atoms with Gasteiger partial charge in [-0.3, -0.25) is 0 Å². The zero-order chi connectivity index (χ0) is 14.5. The summed E-state index contributed by atoms with van der Waals surface area (Å²) in [5.41, 5.74) is 0. The first kappa shape index (κ1) is 16.5. The van der Waals surface area contributed by atoms with Gasteiger partial charge >= 0.3 is 0 Å². The van der Waals surface area contributed by atoms with Crippen LogP contribution in [0.3, 0.4) is 0 Å². The van der Waals surface area contributed by atoms with E-state index in [-0.39, 0.29) is 37.5 Å². The number of alkyl halides is 2. The number of rotatable bonds is 7. The fourth-order valence-electron chi connectivity index (χ4n) is 2.19. The Morgan fingerprint density at radius 3 is 2.32 bits per heavy atom. The van der Waals surface area contributed by atoms with Crippen LogP contribution in [0.25, 0.3) is 0 Å². The molecule has 1 heterocycles. The molecule has 112 valence electrons. The van der Waals surface area contributed by atoms with Gasteiger partial charge in [-0.2, -0.15) is 0 Å². The van der Waals surface area contributed by atoms with Crippen LogP contribution in [-0.2, 0) is 14.8 Å². The van der Waals surface area contributed by atoms with Gasteiger partial charge in [0, 0.05) is 25.4 Å². The van der Waals surface area contributed by atoms with Crippen molar-refractivity contribution < 1.29 is 22.0 Å². The van der Waals surface area contributed by atoms with Crippen LogP contribution in [0.5, 0.6) is 0 Å². The van der Waals surface area contributed by atoms with E-state index in [0.29, 0.717) is 19.3 Å². The number of unbranched alkanes of at least 4 members (excludes halogenated alkanes) is 1. The van der Waals surface area contributed by atoms with Crippen molar-refractivity contribution in [1.29, 1.82) is 0 Å². The summed E-state index contributed by atoms with van der Waals surface area (Å²) in [6, 6.07) is 0. The van der Waals surface area contributed by atoms with Gasteiger partial charge in [0.2, 0.25) is 16.4 Å². The molecule has 1 aliphatic rings. The van der Waals surface area contributed by atoms with Crippen LogP contribution in [-0.4, -0.2) is 43.8 Å². The third kappa shape index (κ3) is 5.52. The van der Waals surface area contributed by atoms with E-state index in [1.807, 2.05) is 0 Å². The molecule has 0 spiro atoms. The second-order valence-corrected chi connectivity index (χ2v) is 7.13. The van der Waals surface area contributed by atoms with Gasteiger partial charge in [-0.15, -0.1) is 0 Å². The highest BCUT2D eigenvalue weighted by Crippen LogP contribution is 2.25. The van der Waals surface area contributed by atoms with Gasteiger partial charge in [0.1, 0.15) is 5.78 Å². The maximum absolute atomic E-state index is 12.5. The average Bonchev–Trinajstić information content (AvgIpc) is 2.34. The number of ketones is 1. The molecular formula is C12H21F2NO3S. The van der Waals surface area contributed by atoms with Crippen LogP contribution >= 0.6 is 0 Å². The highest BCUT2D eigenvalue weighted by Gasteiger charge is 2.31.